The van der Waals surface area contributed by atoms with Crippen LogP contribution >= 0.6 is 0 Å². The highest BCUT2D eigenvalue weighted by molar-refractivity contribution is 5.93. The van der Waals surface area contributed by atoms with Gasteiger partial charge in [0, 0.05) is 24.1 Å². The molecule has 4 aromatic rings. The topological polar surface area (TPSA) is 87.0 Å². The highest BCUT2D eigenvalue weighted by Gasteiger charge is 2.11. The summed E-state index contributed by atoms with van der Waals surface area (Å²) in [5, 5.41) is 3.56. The van der Waals surface area contributed by atoms with Gasteiger partial charge in [0.1, 0.15) is 22.8 Å². The number of rotatable bonds is 8. The van der Waals surface area contributed by atoms with Crippen molar-refractivity contribution in [2.45, 2.75) is 6.54 Å². The van der Waals surface area contributed by atoms with Crippen LogP contribution in [0.15, 0.2) is 82.0 Å². The normalized spacial score (nSPS) is 10.6. The summed E-state index contributed by atoms with van der Waals surface area (Å²) in [4.78, 5) is 24.3. The summed E-state index contributed by atoms with van der Waals surface area (Å²) in [5.41, 5.74) is 2.43. The average Bonchev–Trinajstić information content (AvgIpc) is 2.85. The summed E-state index contributed by atoms with van der Waals surface area (Å²) in [6.45, 7) is 0.190. The molecule has 33 heavy (non-hydrogen) atoms. The van der Waals surface area contributed by atoms with Gasteiger partial charge in [-0.05, 0) is 53.1 Å². The fourth-order valence-electron chi connectivity index (χ4n) is 3.43. The summed E-state index contributed by atoms with van der Waals surface area (Å²) in [7, 11) is 3.19. The minimum atomic E-state index is -0.471. The van der Waals surface area contributed by atoms with Gasteiger partial charge in [0.25, 0.3) is 5.91 Å². The molecule has 0 fully saturated rings. The molecule has 0 unspecified atom stereocenters. The number of methoxy groups -OCH3 is 2. The van der Waals surface area contributed by atoms with E-state index >= 15 is 0 Å². The number of hydrogen-bond donors (Lipinski definition) is 1. The second-order valence-electron chi connectivity index (χ2n) is 7.28. The Balaban J connectivity index is 1.45. The molecular weight excluding hydrogens is 422 g/mol. The van der Waals surface area contributed by atoms with Crippen LogP contribution in [-0.2, 0) is 11.3 Å². The lowest BCUT2D eigenvalue weighted by atomic mass is 10.0. The Bertz CT molecular complexity index is 1330. The van der Waals surface area contributed by atoms with Crippen LogP contribution in [0.4, 0.5) is 0 Å². The lowest BCUT2D eigenvalue weighted by molar-refractivity contribution is -0.123. The quantitative estimate of drug-likeness (QED) is 0.410. The zero-order chi connectivity index (χ0) is 23.2. The first-order chi connectivity index (χ1) is 16.1. The predicted octanol–water partition coefficient (Wildman–Crippen LogP) is 4.17. The van der Waals surface area contributed by atoms with E-state index < -0.39 is 5.63 Å². The average molecular weight is 445 g/mol. The second-order valence-corrected chi connectivity index (χ2v) is 7.28. The molecule has 0 radical (unpaired) electrons. The zero-order valence-electron chi connectivity index (χ0n) is 18.3. The van der Waals surface area contributed by atoms with Crippen molar-refractivity contribution in [1.82, 2.24) is 5.32 Å². The molecule has 1 aromatic heterocycles. The molecule has 7 nitrogen and oxygen atoms in total. The second kappa shape index (κ2) is 9.91. The Morgan fingerprint density at radius 3 is 2.39 bits per heavy atom. The maximum Gasteiger partial charge on any atom is 0.336 e. The Kier molecular flexibility index (Phi) is 6.59. The van der Waals surface area contributed by atoms with Crippen LogP contribution in [0.3, 0.4) is 0 Å². The van der Waals surface area contributed by atoms with Gasteiger partial charge in [-0.25, -0.2) is 4.79 Å². The molecule has 0 spiro atoms. The Morgan fingerprint density at radius 1 is 0.879 bits per heavy atom. The number of hydrogen-bond acceptors (Lipinski definition) is 6. The maximum atomic E-state index is 12.2. The van der Waals surface area contributed by atoms with E-state index in [1.165, 1.54) is 6.07 Å². The number of fused-ring (bicyclic) bond motifs is 1. The van der Waals surface area contributed by atoms with Gasteiger partial charge in [-0.15, -0.1) is 0 Å². The smallest absolute Gasteiger partial charge is 0.336 e. The molecule has 168 valence electrons. The van der Waals surface area contributed by atoms with E-state index in [9.17, 15) is 9.59 Å². The van der Waals surface area contributed by atoms with E-state index in [1.807, 2.05) is 48.5 Å². The molecular formula is C26H23NO6. The van der Waals surface area contributed by atoms with Crippen LogP contribution in [0, 0.1) is 0 Å². The SMILES string of the molecule is COc1ccc(-c2cc(=O)oc3cc(OCC(=O)NCc4cccc(OC)c4)ccc23)cc1. The van der Waals surface area contributed by atoms with Crippen molar-refractivity contribution < 1.29 is 23.4 Å². The first kappa shape index (κ1) is 22.0. The summed E-state index contributed by atoms with van der Waals surface area (Å²) >= 11 is 0. The fourth-order valence-corrected chi connectivity index (χ4v) is 3.43. The monoisotopic (exact) mass is 445 g/mol. The molecule has 7 heteroatoms. The molecule has 1 N–H and O–H groups in total. The summed E-state index contributed by atoms with van der Waals surface area (Å²) in [5.74, 6) is 1.61. The predicted molar refractivity (Wildman–Crippen MR) is 125 cm³/mol. The van der Waals surface area contributed by atoms with Gasteiger partial charge in [-0.2, -0.15) is 0 Å². The van der Waals surface area contributed by atoms with Crippen molar-refractivity contribution in [2.24, 2.45) is 0 Å². The summed E-state index contributed by atoms with van der Waals surface area (Å²) in [6, 6.07) is 21.5. The van der Waals surface area contributed by atoms with Crippen molar-refractivity contribution in [2.75, 3.05) is 20.8 Å². The number of amides is 1. The molecule has 0 aliphatic carbocycles. The molecule has 0 saturated carbocycles. The Labute approximate surface area is 190 Å². The minimum Gasteiger partial charge on any atom is -0.497 e. The first-order valence-corrected chi connectivity index (χ1v) is 10.3. The molecule has 0 atom stereocenters. The van der Waals surface area contributed by atoms with Gasteiger partial charge in [0.05, 0.1) is 14.2 Å². The third-order valence-corrected chi connectivity index (χ3v) is 5.11. The van der Waals surface area contributed by atoms with Crippen LogP contribution in [-0.4, -0.2) is 26.7 Å². The van der Waals surface area contributed by atoms with Gasteiger partial charge in [-0.1, -0.05) is 24.3 Å². The van der Waals surface area contributed by atoms with E-state index in [0.29, 0.717) is 17.9 Å². The number of carbonyl (C=O) groups is 1. The van der Waals surface area contributed by atoms with Crippen molar-refractivity contribution in [3.8, 4) is 28.4 Å². The van der Waals surface area contributed by atoms with E-state index in [-0.39, 0.29) is 12.5 Å². The number of benzene rings is 3. The van der Waals surface area contributed by atoms with E-state index in [1.54, 1.807) is 32.4 Å². The van der Waals surface area contributed by atoms with Crippen molar-refractivity contribution in [3.05, 3.63) is 88.8 Å². The van der Waals surface area contributed by atoms with Gasteiger partial charge < -0.3 is 23.9 Å². The van der Waals surface area contributed by atoms with Crippen LogP contribution in [0.5, 0.6) is 17.2 Å². The lowest BCUT2D eigenvalue weighted by Crippen LogP contribution is -2.28. The maximum absolute atomic E-state index is 12.2. The Morgan fingerprint density at radius 2 is 1.64 bits per heavy atom. The van der Waals surface area contributed by atoms with Crippen molar-refractivity contribution >= 4 is 16.9 Å². The van der Waals surface area contributed by atoms with Gasteiger partial charge in [0.15, 0.2) is 6.61 Å². The van der Waals surface area contributed by atoms with Gasteiger partial charge in [0.2, 0.25) is 0 Å². The Hall–Kier alpha value is -4.26. The largest absolute Gasteiger partial charge is 0.497 e. The summed E-state index contributed by atoms with van der Waals surface area (Å²) < 4.78 is 21.4. The molecule has 1 heterocycles. The lowest BCUT2D eigenvalue weighted by Gasteiger charge is -2.10. The van der Waals surface area contributed by atoms with Crippen LogP contribution in [0.25, 0.3) is 22.1 Å². The number of ether oxygens (including phenoxy) is 3. The van der Waals surface area contributed by atoms with E-state index in [4.69, 9.17) is 18.6 Å². The highest BCUT2D eigenvalue weighted by atomic mass is 16.5. The first-order valence-electron chi connectivity index (χ1n) is 10.3. The molecule has 0 saturated heterocycles. The number of nitrogens with one attached hydrogen (secondary N) is 1. The molecule has 4 rings (SSSR count). The van der Waals surface area contributed by atoms with Crippen molar-refractivity contribution in [1.29, 1.82) is 0 Å². The third kappa shape index (κ3) is 5.33. The summed E-state index contributed by atoms with van der Waals surface area (Å²) in [6.07, 6.45) is 0. The van der Waals surface area contributed by atoms with E-state index in [0.717, 1.165) is 33.6 Å². The molecule has 0 bridgehead atoms. The van der Waals surface area contributed by atoms with Gasteiger partial charge in [-0.3, -0.25) is 4.79 Å². The fraction of sp³-hybridized carbons (Fsp3) is 0.154. The van der Waals surface area contributed by atoms with Crippen LogP contribution in [0.2, 0.25) is 0 Å². The van der Waals surface area contributed by atoms with E-state index in [2.05, 4.69) is 5.32 Å². The van der Waals surface area contributed by atoms with Gasteiger partial charge >= 0.3 is 5.63 Å². The highest BCUT2D eigenvalue weighted by Crippen LogP contribution is 2.30. The van der Waals surface area contributed by atoms with Crippen molar-refractivity contribution in [3.63, 3.8) is 0 Å². The molecule has 1 amide bonds. The standard InChI is InChI=1S/C26H23NO6/c1-30-19-8-6-18(7-9-19)23-14-26(29)33-24-13-21(10-11-22(23)24)32-16-25(28)27-15-17-4-3-5-20(12-17)31-2/h3-14H,15-16H2,1-2H3,(H,27,28). The van der Waals surface area contributed by atoms with Crippen LogP contribution < -0.4 is 25.2 Å². The van der Waals surface area contributed by atoms with Crippen LogP contribution in [0.1, 0.15) is 5.56 Å². The molecule has 0 aliphatic heterocycles. The molecule has 0 aliphatic rings. The zero-order valence-corrected chi connectivity index (χ0v) is 18.3. The third-order valence-electron chi connectivity index (χ3n) is 5.11. The minimum absolute atomic E-state index is 0.169. The molecule has 3 aromatic carbocycles. The number of carbonyl (C=O) groups excluding carboxylic acids is 1.